The molecule has 0 fully saturated rings. The van der Waals surface area contributed by atoms with Gasteiger partial charge in [-0.1, -0.05) is 38.1 Å². The number of para-hydroxylation sites is 1. The smallest absolute Gasteiger partial charge is 0.339 e. The Morgan fingerprint density at radius 2 is 1.81 bits per heavy atom. The van der Waals surface area contributed by atoms with Crippen molar-refractivity contribution in [2.45, 2.75) is 52.9 Å². The van der Waals surface area contributed by atoms with E-state index in [-0.39, 0.29) is 35.6 Å². The van der Waals surface area contributed by atoms with E-state index in [4.69, 9.17) is 10.5 Å². The molecule has 3 N–H and O–H groups in total. The van der Waals surface area contributed by atoms with Gasteiger partial charge in [0.1, 0.15) is 16.8 Å². The first-order valence-electron chi connectivity index (χ1n) is 12.3. The van der Waals surface area contributed by atoms with Crippen LogP contribution in [0.3, 0.4) is 0 Å². The summed E-state index contributed by atoms with van der Waals surface area (Å²) in [4.78, 5) is 43.4. The summed E-state index contributed by atoms with van der Waals surface area (Å²) in [6.07, 6.45) is 0.759. The monoisotopic (exact) mass is 485 g/mol. The van der Waals surface area contributed by atoms with Gasteiger partial charge >= 0.3 is 5.97 Å². The van der Waals surface area contributed by atoms with Crippen molar-refractivity contribution in [3.8, 4) is 0 Å². The highest BCUT2D eigenvalue weighted by Crippen LogP contribution is 2.57. The molecule has 2 heterocycles. The molecule has 2 aromatic carbocycles. The predicted octanol–water partition coefficient (Wildman–Crippen LogP) is 4.39. The molecule has 0 saturated heterocycles. The Kier molecular flexibility index (Phi) is 5.36. The van der Waals surface area contributed by atoms with E-state index in [1.54, 1.807) is 36.1 Å². The second-order valence-corrected chi connectivity index (χ2v) is 10.6. The quantitative estimate of drug-likeness (QED) is 0.626. The number of rotatable bonds is 3. The predicted molar refractivity (Wildman–Crippen MR) is 138 cm³/mol. The standard InChI is InChI=1S/C29H31N3O4/c1-6-36-26(34)24-25(30)32(18-12-11-16(2)17(3)13-18)21-14-28(4,5)15-22(33)23(21)29(24)19-9-7-8-10-20(19)31-27(29)35/h7-13H,6,14-15,30H2,1-5H3,(H,31,35). The van der Waals surface area contributed by atoms with Gasteiger partial charge in [0, 0.05) is 34.6 Å². The van der Waals surface area contributed by atoms with Gasteiger partial charge in [0.05, 0.1) is 6.61 Å². The lowest BCUT2D eigenvalue weighted by atomic mass is 9.60. The van der Waals surface area contributed by atoms with Crippen molar-refractivity contribution in [1.29, 1.82) is 0 Å². The molecule has 3 aliphatic rings. The average Bonchev–Trinajstić information content (AvgIpc) is 3.07. The van der Waals surface area contributed by atoms with Crippen LogP contribution in [-0.2, 0) is 24.5 Å². The normalized spacial score (nSPS) is 22.5. The first-order chi connectivity index (χ1) is 17.0. The van der Waals surface area contributed by atoms with Gasteiger partial charge in [-0.3, -0.25) is 14.5 Å². The minimum atomic E-state index is -1.67. The molecule has 1 spiro atoms. The van der Waals surface area contributed by atoms with Crippen molar-refractivity contribution in [3.05, 3.63) is 81.8 Å². The van der Waals surface area contributed by atoms with E-state index in [2.05, 4.69) is 5.32 Å². The fourth-order valence-corrected chi connectivity index (χ4v) is 5.85. The molecule has 0 bridgehead atoms. The zero-order chi connectivity index (χ0) is 26.0. The number of carbonyl (C=O) groups excluding carboxylic acids is 3. The molecular weight excluding hydrogens is 454 g/mol. The van der Waals surface area contributed by atoms with E-state index in [9.17, 15) is 14.4 Å². The zero-order valence-corrected chi connectivity index (χ0v) is 21.3. The van der Waals surface area contributed by atoms with Crippen LogP contribution < -0.4 is 16.0 Å². The topological polar surface area (TPSA) is 102 Å². The number of benzene rings is 2. The molecule has 186 valence electrons. The van der Waals surface area contributed by atoms with E-state index < -0.39 is 17.3 Å². The van der Waals surface area contributed by atoms with Crippen LogP contribution in [0.4, 0.5) is 11.4 Å². The summed E-state index contributed by atoms with van der Waals surface area (Å²) in [6, 6.07) is 13.1. The van der Waals surface area contributed by atoms with Gasteiger partial charge in [0.15, 0.2) is 5.78 Å². The second kappa shape index (κ2) is 8.08. The average molecular weight is 486 g/mol. The number of amides is 1. The molecule has 0 aromatic heterocycles. The van der Waals surface area contributed by atoms with Crippen LogP contribution in [0.15, 0.2) is 65.1 Å². The highest BCUT2D eigenvalue weighted by atomic mass is 16.5. The molecule has 1 atom stereocenters. The van der Waals surface area contributed by atoms with E-state index >= 15 is 0 Å². The molecule has 7 heteroatoms. The third kappa shape index (κ3) is 3.22. The van der Waals surface area contributed by atoms with E-state index in [0.29, 0.717) is 28.9 Å². The number of nitrogens with zero attached hydrogens (tertiary/aromatic N) is 1. The van der Waals surface area contributed by atoms with Crippen LogP contribution in [0, 0.1) is 19.3 Å². The number of fused-ring (bicyclic) bond motifs is 3. The second-order valence-electron chi connectivity index (χ2n) is 10.6. The van der Waals surface area contributed by atoms with Crippen LogP contribution >= 0.6 is 0 Å². The number of Topliss-reactive ketones (excluding diaryl/α,β-unsaturated/α-hetero) is 1. The number of carbonyl (C=O) groups is 3. The molecular formula is C29H31N3O4. The van der Waals surface area contributed by atoms with E-state index in [0.717, 1.165) is 16.8 Å². The number of esters is 1. The number of hydrogen-bond acceptors (Lipinski definition) is 6. The third-order valence-electron chi connectivity index (χ3n) is 7.52. The Morgan fingerprint density at radius 1 is 1.08 bits per heavy atom. The number of nitrogens with two attached hydrogens (primary N) is 1. The van der Waals surface area contributed by atoms with Crippen molar-refractivity contribution in [3.63, 3.8) is 0 Å². The van der Waals surface area contributed by atoms with E-state index in [1.165, 1.54) is 0 Å². The van der Waals surface area contributed by atoms with Crippen LogP contribution in [-0.4, -0.2) is 24.3 Å². The van der Waals surface area contributed by atoms with Gasteiger partial charge in [-0.2, -0.15) is 0 Å². The number of nitrogens with one attached hydrogen (secondary N) is 1. The molecule has 5 rings (SSSR count). The number of ether oxygens (including phenoxy) is 1. The maximum absolute atomic E-state index is 14.0. The molecule has 1 amide bonds. The summed E-state index contributed by atoms with van der Waals surface area (Å²) in [7, 11) is 0. The van der Waals surface area contributed by atoms with Gasteiger partial charge < -0.3 is 15.8 Å². The SMILES string of the molecule is CCOC(=O)C1=C(N)N(c2ccc(C)c(C)c2)C2=C(C(=O)CC(C)(C)C2)C12C(=O)Nc1ccccc12. The van der Waals surface area contributed by atoms with Gasteiger partial charge in [-0.05, 0) is 61.9 Å². The lowest BCUT2D eigenvalue weighted by Gasteiger charge is -2.47. The molecule has 0 radical (unpaired) electrons. The maximum atomic E-state index is 14.0. The molecule has 0 saturated carbocycles. The van der Waals surface area contributed by atoms with Crippen LogP contribution in [0.2, 0.25) is 0 Å². The first kappa shape index (κ1) is 23.9. The zero-order valence-electron chi connectivity index (χ0n) is 21.3. The van der Waals surface area contributed by atoms with Crippen molar-refractivity contribution < 1.29 is 19.1 Å². The third-order valence-corrected chi connectivity index (χ3v) is 7.52. The summed E-state index contributed by atoms with van der Waals surface area (Å²) < 4.78 is 5.47. The molecule has 36 heavy (non-hydrogen) atoms. The Bertz CT molecular complexity index is 1400. The fraction of sp³-hybridized carbons (Fsp3) is 0.345. The van der Waals surface area contributed by atoms with Gasteiger partial charge in [-0.15, -0.1) is 0 Å². The maximum Gasteiger partial charge on any atom is 0.339 e. The summed E-state index contributed by atoms with van der Waals surface area (Å²) in [5.74, 6) is -1.24. The number of aryl methyl sites for hydroxylation is 2. The Hall–Kier alpha value is -3.87. The largest absolute Gasteiger partial charge is 0.462 e. The van der Waals surface area contributed by atoms with Gasteiger partial charge in [0.2, 0.25) is 5.91 Å². The van der Waals surface area contributed by atoms with E-state index in [1.807, 2.05) is 45.9 Å². The molecule has 2 aromatic rings. The number of hydrogen-bond donors (Lipinski definition) is 2. The summed E-state index contributed by atoms with van der Waals surface area (Å²) in [6.45, 7) is 9.89. The minimum Gasteiger partial charge on any atom is -0.462 e. The molecule has 1 unspecified atom stereocenters. The Balaban J connectivity index is 1.92. The van der Waals surface area contributed by atoms with Gasteiger partial charge in [0.25, 0.3) is 0 Å². The molecule has 2 aliphatic heterocycles. The highest BCUT2D eigenvalue weighted by Gasteiger charge is 2.62. The number of allylic oxidation sites excluding steroid dienone is 1. The lowest BCUT2D eigenvalue weighted by Crippen LogP contribution is -2.54. The molecule has 7 nitrogen and oxygen atoms in total. The number of ketones is 1. The van der Waals surface area contributed by atoms with Crippen LogP contribution in [0.1, 0.15) is 50.3 Å². The summed E-state index contributed by atoms with van der Waals surface area (Å²) in [5.41, 5.74) is 9.77. The molecule has 1 aliphatic carbocycles. The fourth-order valence-electron chi connectivity index (χ4n) is 5.85. The van der Waals surface area contributed by atoms with Crippen molar-refractivity contribution in [1.82, 2.24) is 0 Å². The summed E-state index contributed by atoms with van der Waals surface area (Å²) >= 11 is 0. The minimum absolute atomic E-state index is 0.0168. The van der Waals surface area contributed by atoms with Crippen molar-refractivity contribution >= 4 is 29.0 Å². The Labute approximate surface area is 211 Å². The number of anilines is 2. The highest BCUT2D eigenvalue weighted by molar-refractivity contribution is 6.23. The van der Waals surface area contributed by atoms with Gasteiger partial charge in [-0.25, -0.2) is 4.79 Å². The van der Waals surface area contributed by atoms with Crippen molar-refractivity contribution in [2.24, 2.45) is 11.1 Å². The lowest BCUT2D eigenvalue weighted by molar-refractivity contribution is -0.140. The summed E-state index contributed by atoms with van der Waals surface area (Å²) in [5, 5.41) is 2.91. The van der Waals surface area contributed by atoms with Crippen LogP contribution in [0.5, 0.6) is 0 Å². The Morgan fingerprint density at radius 3 is 2.50 bits per heavy atom. The first-order valence-corrected chi connectivity index (χ1v) is 12.3. The van der Waals surface area contributed by atoms with Crippen LogP contribution in [0.25, 0.3) is 0 Å². The van der Waals surface area contributed by atoms with Crippen molar-refractivity contribution in [2.75, 3.05) is 16.8 Å².